The van der Waals surface area contributed by atoms with Gasteiger partial charge in [-0.2, -0.15) is 10.4 Å². The number of allylic oxidation sites excluding steroid dienone is 1. The maximum absolute atomic E-state index is 12.7. The van der Waals surface area contributed by atoms with Crippen LogP contribution >= 0.6 is 0 Å². The van der Waals surface area contributed by atoms with Crippen molar-refractivity contribution in [2.75, 3.05) is 23.3 Å². The van der Waals surface area contributed by atoms with Crippen molar-refractivity contribution in [2.45, 2.75) is 46.5 Å². The summed E-state index contributed by atoms with van der Waals surface area (Å²) in [5, 5.41) is 24.9. The number of anilines is 2. The number of unbranched alkanes of at least 4 members (excludes halogenated alkanes) is 2. The predicted molar refractivity (Wildman–Crippen MR) is 141 cm³/mol. The molecule has 2 aromatic rings. The highest BCUT2D eigenvalue weighted by Crippen LogP contribution is 2.30. The van der Waals surface area contributed by atoms with E-state index in [1.54, 1.807) is 37.3 Å². The topological polar surface area (TPSA) is 118 Å². The van der Waals surface area contributed by atoms with Crippen molar-refractivity contribution in [3.05, 3.63) is 65.2 Å². The Bertz CT molecular complexity index is 1090. The van der Waals surface area contributed by atoms with Gasteiger partial charge in [0.05, 0.1) is 29.2 Å². The summed E-state index contributed by atoms with van der Waals surface area (Å²) in [5.41, 5.74) is 6.51. The fourth-order valence-electron chi connectivity index (χ4n) is 3.44. The molecule has 2 aromatic carbocycles. The average Bonchev–Trinajstić information content (AvgIpc) is 2.84. The zero-order chi connectivity index (χ0) is 25.6. The highest BCUT2D eigenvalue weighted by molar-refractivity contribution is 5.96. The molecule has 0 bridgehead atoms. The Morgan fingerprint density at radius 3 is 2.31 bits per heavy atom. The summed E-state index contributed by atoms with van der Waals surface area (Å²) in [6, 6.07) is 14.0. The number of hydrogen-bond acceptors (Lipinski definition) is 5. The number of nitrogens with one attached hydrogen (secondary N) is 2. The number of carboxylic acid groups (broad SMARTS) is 1. The minimum Gasteiger partial charge on any atom is -0.478 e. The van der Waals surface area contributed by atoms with Crippen LogP contribution in [0.1, 0.15) is 63.1 Å². The van der Waals surface area contributed by atoms with E-state index in [4.69, 9.17) is 10.4 Å². The standard InChI is InChI=1S/C27H33N5O3/c1-4-6-14-32(15-7-5-2)25-13-12-23(20(3)16-26(33)34)17-24(25)30-27(35)31-29-19-22-10-8-21(18-28)9-11-22/h8-13,16-17,19H,4-7,14-15H2,1-3H3,(H,33,34)(H2,30,31,35)/b20-16+,29-19+. The SMILES string of the molecule is CCCCN(CCCC)c1ccc(/C(C)=C/C(=O)O)cc1NC(=O)N/N=C/c1ccc(C#N)cc1. The molecule has 8 nitrogen and oxygen atoms in total. The largest absolute Gasteiger partial charge is 0.478 e. The smallest absolute Gasteiger partial charge is 0.339 e. The van der Waals surface area contributed by atoms with E-state index in [2.05, 4.69) is 40.7 Å². The Kier molecular flexibility index (Phi) is 11.0. The molecule has 0 heterocycles. The lowest BCUT2D eigenvalue weighted by Gasteiger charge is -2.27. The number of urea groups is 1. The zero-order valence-electron chi connectivity index (χ0n) is 20.5. The molecule has 0 atom stereocenters. The zero-order valence-corrected chi connectivity index (χ0v) is 20.5. The summed E-state index contributed by atoms with van der Waals surface area (Å²) in [6.07, 6.45) is 6.77. The fourth-order valence-corrected chi connectivity index (χ4v) is 3.44. The van der Waals surface area contributed by atoms with Crippen molar-refractivity contribution in [1.29, 1.82) is 5.26 Å². The van der Waals surface area contributed by atoms with Crippen LogP contribution < -0.4 is 15.6 Å². The summed E-state index contributed by atoms with van der Waals surface area (Å²) < 4.78 is 0. The molecule has 0 unspecified atom stereocenters. The minimum atomic E-state index is -1.02. The van der Waals surface area contributed by atoms with Gasteiger partial charge in [-0.05, 0) is 60.7 Å². The van der Waals surface area contributed by atoms with Gasteiger partial charge in [-0.3, -0.25) is 0 Å². The highest BCUT2D eigenvalue weighted by Gasteiger charge is 2.15. The number of aliphatic carboxylic acids is 1. The Balaban J connectivity index is 2.28. The molecule has 3 N–H and O–H groups in total. The lowest BCUT2D eigenvalue weighted by atomic mass is 10.0. The first-order chi connectivity index (χ1) is 16.9. The molecule has 0 aromatic heterocycles. The van der Waals surface area contributed by atoms with Gasteiger partial charge in [-0.15, -0.1) is 0 Å². The van der Waals surface area contributed by atoms with Gasteiger partial charge in [0.15, 0.2) is 0 Å². The summed E-state index contributed by atoms with van der Waals surface area (Å²) >= 11 is 0. The monoisotopic (exact) mass is 475 g/mol. The van der Waals surface area contributed by atoms with Crippen molar-refractivity contribution < 1.29 is 14.7 Å². The van der Waals surface area contributed by atoms with Gasteiger partial charge in [-0.25, -0.2) is 15.0 Å². The van der Waals surface area contributed by atoms with E-state index in [0.29, 0.717) is 22.4 Å². The summed E-state index contributed by atoms with van der Waals surface area (Å²) in [6.45, 7) is 7.71. The van der Waals surface area contributed by atoms with E-state index in [-0.39, 0.29) is 0 Å². The first kappa shape index (κ1) is 27.1. The number of amides is 2. The molecular weight excluding hydrogens is 442 g/mol. The normalized spacial score (nSPS) is 11.2. The Labute approximate surface area is 207 Å². The van der Waals surface area contributed by atoms with Crippen LogP contribution in [0.5, 0.6) is 0 Å². The second-order valence-electron chi connectivity index (χ2n) is 8.15. The Hall–Kier alpha value is -4.12. The predicted octanol–water partition coefficient (Wildman–Crippen LogP) is 5.61. The van der Waals surface area contributed by atoms with Crippen LogP contribution in [0.15, 0.2) is 53.6 Å². The van der Waals surface area contributed by atoms with Gasteiger partial charge >= 0.3 is 12.0 Å². The van der Waals surface area contributed by atoms with E-state index < -0.39 is 12.0 Å². The van der Waals surface area contributed by atoms with Crippen LogP contribution in [-0.2, 0) is 4.79 Å². The molecule has 0 saturated carbocycles. The lowest BCUT2D eigenvalue weighted by Crippen LogP contribution is -2.29. The maximum atomic E-state index is 12.7. The van der Waals surface area contributed by atoms with E-state index in [9.17, 15) is 9.59 Å². The van der Waals surface area contributed by atoms with E-state index in [1.807, 2.05) is 12.1 Å². The maximum Gasteiger partial charge on any atom is 0.339 e. The number of hydrazone groups is 1. The van der Waals surface area contributed by atoms with Crippen molar-refractivity contribution in [3.8, 4) is 6.07 Å². The molecule has 184 valence electrons. The van der Waals surface area contributed by atoms with Gasteiger partial charge in [0.1, 0.15) is 0 Å². The van der Waals surface area contributed by atoms with Gasteiger partial charge in [0, 0.05) is 19.2 Å². The van der Waals surface area contributed by atoms with Crippen molar-refractivity contribution in [3.63, 3.8) is 0 Å². The number of nitriles is 1. The second kappa shape index (κ2) is 14.2. The number of nitrogens with zero attached hydrogens (tertiary/aromatic N) is 3. The van der Waals surface area contributed by atoms with Gasteiger partial charge in [-0.1, -0.05) is 44.9 Å². The molecule has 0 fully saturated rings. The third-order valence-electron chi connectivity index (χ3n) is 5.36. The number of benzene rings is 2. The first-order valence-electron chi connectivity index (χ1n) is 11.8. The molecule has 35 heavy (non-hydrogen) atoms. The van der Waals surface area contributed by atoms with E-state index in [0.717, 1.165) is 56.1 Å². The van der Waals surface area contributed by atoms with Crippen LogP contribution in [0.2, 0.25) is 0 Å². The summed E-state index contributed by atoms with van der Waals surface area (Å²) in [5.74, 6) is -1.02. The van der Waals surface area contributed by atoms with Gasteiger partial charge < -0.3 is 15.3 Å². The molecule has 0 aliphatic rings. The lowest BCUT2D eigenvalue weighted by molar-refractivity contribution is -0.131. The van der Waals surface area contributed by atoms with Crippen LogP contribution in [0.25, 0.3) is 5.57 Å². The molecule has 0 saturated heterocycles. The number of rotatable bonds is 12. The summed E-state index contributed by atoms with van der Waals surface area (Å²) in [4.78, 5) is 26.0. The Morgan fingerprint density at radius 2 is 1.74 bits per heavy atom. The van der Waals surface area contributed by atoms with Crippen molar-refractivity contribution in [1.82, 2.24) is 5.43 Å². The molecule has 2 amide bonds. The Morgan fingerprint density at radius 1 is 1.09 bits per heavy atom. The number of hydrogen-bond donors (Lipinski definition) is 3. The molecule has 2 rings (SSSR count). The third kappa shape index (κ3) is 8.97. The van der Waals surface area contributed by atoms with Crippen molar-refractivity contribution >= 4 is 35.2 Å². The minimum absolute atomic E-state index is 0.515. The molecular formula is C27H33N5O3. The van der Waals surface area contributed by atoms with Crippen molar-refractivity contribution in [2.24, 2.45) is 5.10 Å². The fraction of sp³-hybridized carbons (Fsp3) is 0.333. The highest BCUT2D eigenvalue weighted by atomic mass is 16.4. The first-order valence-corrected chi connectivity index (χ1v) is 11.8. The quantitative estimate of drug-likeness (QED) is 0.210. The van der Waals surface area contributed by atoms with Crippen LogP contribution in [-0.4, -0.2) is 36.4 Å². The third-order valence-corrected chi connectivity index (χ3v) is 5.36. The summed E-state index contributed by atoms with van der Waals surface area (Å²) in [7, 11) is 0. The number of carbonyl (C=O) groups excluding carboxylic acids is 1. The van der Waals surface area contributed by atoms with Gasteiger partial charge in [0.25, 0.3) is 0 Å². The van der Waals surface area contributed by atoms with E-state index in [1.165, 1.54) is 6.21 Å². The number of carbonyl (C=O) groups is 2. The van der Waals surface area contributed by atoms with Crippen LogP contribution in [0.3, 0.4) is 0 Å². The van der Waals surface area contributed by atoms with Crippen LogP contribution in [0.4, 0.5) is 16.2 Å². The second-order valence-corrected chi connectivity index (χ2v) is 8.15. The molecule has 0 aliphatic carbocycles. The molecule has 8 heteroatoms. The van der Waals surface area contributed by atoms with Gasteiger partial charge in [0.2, 0.25) is 0 Å². The molecule has 0 radical (unpaired) electrons. The molecule has 0 aliphatic heterocycles. The van der Waals surface area contributed by atoms with E-state index >= 15 is 0 Å². The average molecular weight is 476 g/mol. The molecule has 0 spiro atoms. The van der Waals surface area contributed by atoms with Crippen LogP contribution in [0, 0.1) is 11.3 Å². The number of carboxylic acids is 1.